The molecule has 1 saturated carbocycles. The summed E-state index contributed by atoms with van der Waals surface area (Å²) in [6.07, 6.45) is 2.72. The van der Waals surface area contributed by atoms with Crippen LogP contribution < -0.4 is 5.32 Å². The second-order valence-corrected chi connectivity index (χ2v) is 6.82. The molecule has 17 heavy (non-hydrogen) atoms. The Labute approximate surface area is 109 Å². The van der Waals surface area contributed by atoms with Crippen molar-refractivity contribution >= 4 is 11.8 Å². The lowest BCUT2D eigenvalue weighted by molar-refractivity contribution is 0.642. The van der Waals surface area contributed by atoms with Crippen LogP contribution in [0.4, 0.5) is 0 Å². The van der Waals surface area contributed by atoms with Gasteiger partial charge >= 0.3 is 0 Å². The van der Waals surface area contributed by atoms with Crippen molar-refractivity contribution in [2.24, 2.45) is 5.92 Å². The van der Waals surface area contributed by atoms with Gasteiger partial charge in [-0.25, -0.2) is 0 Å². The lowest BCUT2D eigenvalue weighted by Crippen LogP contribution is -2.15. The monoisotopic (exact) mass is 249 g/mol. The highest BCUT2D eigenvalue weighted by Crippen LogP contribution is 2.28. The molecule has 1 atom stereocenters. The van der Waals surface area contributed by atoms with E-state index in [-0.39, 0.29) is 0 Å². The van der Waals surface area contributed by atoms with Crippen LogP contribution in [0.2, 0.25) is 0 Å². The Balaban J connectivity index is 1.83. The van der Waals surface area contributed by atoms with E-state index in [1.54, 1.807) is 0 Å². The van der Waals surface area contributed by atoms with E-state index in [1.165, 1.54) is 23.3 Å². The lowest BCUT2D eigenvalue weighted by Gasteiger charge is -2.15. The Morgan fingerprint density at radius 2 is 1.82 bits per heavy atom. The molecule has 1 fully saturated rings. The van der Waals surface area contributed by atoms with Crippen LogP contribution in [0, 0.1) is 5.92 Å². The fourth-order valence-electron chi connectivity index (χ4n) is 1.59. The molecule has 0 aromatic heterocycles. The molecule has 0 bridgehead atoms. The third kappa shape index (κ3) is 4.36. The first kappa shape index (κ1) is 13.0. The summed E-state index contributed by atoms with van der Waals surface area (Å²) < 4.78 is 0. The maximum absolute atomic E-state index is 3.54. The fourth-order valence-corrected chi connectivity index (χ4v) is 2.58. The summed E-state index contributed by atoms with van der Waals surface area (Å²) in [5.74, 6) is 0.733. The van der Waals surface area contributed by atoms with Gasteiger partial charge in [0.25, 0.3) is 0 Å². The minimum absolute atomic E-state index is 0.686. The van der Waals surface area contributed by atoms with E-state index in [0.29, 0.717) is 5.25 Å². The highest BCUT2D eigenvalue weighted by molar-refractivity contribution is 8.00. The predicted molar refractivity (Wildman–Crippen MR) is 76.5 cm³/mol. The Bertz CT molecular complexity index is 340. The van der Waals surface area contributed by atoms with Gasteiger partial charge in [-0.15, -0.1) is 11.8 Å². The molecule has 2 rings (SSSR count). The summed E-state index contributed by atoms with van der Waals surface area (Å²) >= 11 is 1.98. The van der Waals surface area contributed by atoms with Crippen LogP contribution in [-0.4, -0.2) is 11.3 Å². The molecule has 0 radical (unpaired) electrons. The average molecular weight is 249 g/mol. The maximum Gasteiger partial charge on any atom is 0.0208 e. The maximum atomic E-state index is 3.54. The number of thioether (sulfide) groups is 1. The minimum atomic E-state index is 0.686. The average Bonchev–Trinajstić information content (AvgIpc) is 3.12. The van der Waals surface area contributed by atoms with Gasteiger partial charge in [0.2, 0.25) is 0 Å². The minimum Gasteiger partial charge on any atom is -0.310 e. The smallest absolute Gasteiger partial charge is 0.0208 e. The summed E-state index contributed by atoms with van der Waals surface area (Å²) in [4.78, 5) is 1.39. The number of nitrogens with one attached hydrogen (secondary N) is 1. The summed E-state index contributed by atoms with van der Waals surface area (Å²) in [5.41, 5.74) is 1.40. The van der Waals surface area contributed by atoms with Crippen molar-refractivity contribution in [3.63, 3.8) is 0 Å². The van der Waals surface area contributed by atoms with Crippen LogP contribution in [0.25, 0.3) is 0 Å². The van der Waals surface area contributed by atoms with Gasteiger partial charge in [-0.3, -0.25) is 0 Å². The summed E-state index contributed by atoms with van der Waals surface area (Å²) in [6.45, 7) is 7.89. The van der Waals surface area contributed by atoms with Gasteiger partial charge in [0.05, 0.1) is 0 Å². The quantitative estimate of drug-likeness (QED) is 0.763. The van der Waals surface area contributed by atoms with Crippen molar-refractivity contribution in [2.45, 2.75) is 56.3 Å². The highest BCUT2D eigenvalue weighted by Gasteiger charge is 2.19. The van der Waals surface area contributed by atoms with E-state index in [2.05, 4.69) is 50.4 Å². The third-order valence-electron chi connectivity index (χ3n) is 3.36. The molecule has 1 aliphatic carbocycles. The van der Waals surface area contributed by atoms with Crippen LogP contribution in [0.5, 0.6) is 0 Å². The molecule has 1 aromatic carbocycles. The Kier molecular flexibility index (Phi) is 4.52. The summed E-state index contributed by atoms with van der Waals surface area (Å²) in [5, 5.41) is 4.23. The molecule has 1 nitrogen and oxygen atoms in total. The molecule has 0 saturated heterocycles. The molecule has 0 aliphatic heterocycles. The third-order valence-corrected chi connectivity index (χ3v) is 4.82. The van der Waals surface area contributed by atoms with Crippen molar-refractivity contribution in [3.05, 3.63) is 29.8 Å². The van der Waals surface area contributed by atoms with E-state index in [0.717, 1.165) is 18.5 Å². The van der Waals surface area contributed by atoms with Crippen LogP contribution in [0.1, 0.15) is 39.2 Å². The Morgan fingerprint density at radius 1 is 1.18 bits per heavy atom. The zero-order valence-electron chi connectivity index (χ0n) is 11.1. The van der Waals surface area contributed by atoms with Crippen molar-refractivity contribution in [3.8, 4) is 0 Å². The summed E-state index contributed by atoms with van der Waals surface area (Å²) in [6, 6.07) is 9.82. The molecule has 94 valence electrons. The van der Waals surface area contributed by atoms with E-state index < -0.39 is 0 Å². The van der Waals surface area contributed by atoms with Gasteiger partial charge in [0, 0.05) is 22.7 Å². The van der Waals surface area contributed by atoms with Crippen LogP contribution >= 0.6 is 11.8 Å². The first-order chi connectivity index (χ1) is 8.15. The van der Waals surface area contributed by atoms with Crippen LogP contribution in [-0.2, 0) is 6.54 Å². The number of benzene rings is 1. The zero-order valence-corrected chi connectivity index (χ0v) is 11.9. The topological polar surface area (TPSA) is 12.0 Å². The first-order valence-corrected chi connectivity index (χ1v) is 7.52. The normalized spacial score (nSPS) is 17.4. The van der Waals surface area contributed by atoms with E-state index in [1.807, 2.05) is 11.8 Å². The number of hydrogen-bond donors (Lipinski definition) is 1. The van der Waals surface area contributed by atoms with Gasteiger partial charge in [-0.05, 0) is 36.5 Å². The molecule has 0 amide bonds. The number of rotatable bonds is 6. The standard InChI is InChI=1S/C15H23NS/c1-11(2)12(3)17-15-8-4-13(5-9-15)10-16-14-6-7-14/h4-5,8-9,11-12,14,16H,6-7,10H2,1-3H3. The van der Waals surface area contributed by atoms with Gasteiger partial charge < -0.3 is 5.32 Å². The molecule has 1 N–H and O–H groups in total. The van der Waals surface area contributed by atoms with Crippen molar-refractivity contribution in [2.75, 3.05) is 0 Å². The second kappa shape index (κ2) is 5.92. The predicted octanol–water partition coefficient (Wildman–Crippen LogP) is 4.08. The summed E-state index contributed by atoms with van der Waals surface area (Å²) in [7, 11) is 0. The first-order valence-electron chi connectivity index (χ1n) is 6.64. The molecule has 0 spiro atoms. The van der Waals surface area contributed by atoms with Gasteiger partial charge in [0.1, 0.15) is 0 Å². The van der Waals surface area contributed by atoms with Crippen LogP contribution in [0.3, 0.4) is 0 Å². The largest absolute Gasteiger partial charge is 0.310 e. The van der Waals surface area contributed by atoms with Crippen LogP contribution in [0.15, 0.2) is 29.2 Å². The van der Waals surface area contributed by atoms with Gasteiger partial charge in [-0.1, -0.05) is 32.9 Å². The van der Waals surface area contributed by atoms with E-state index >= 15 is 0 Å². The van der Waals surface area contributed by atoms with Crippen molar-refractivity contribution < 1.29 is 0 Å². The lowest BCUT2D eigenvalue weighted by atomic mass is 10.2. The van der Waals surface area contributed by atoms with Gasteiger partial charge in [0.15, 0.2) is 0 Å². The van der Waals surface area contributed by atoms with E-state index in [9.17, 15) is 0 Å². The Morgan fingerprint density at radius 3 is 2.35 bits per heavy atom. The fraction of sp³-hybridized carbons (Fsp3) is 0.600. The Hall–Kier alpha value is -0.470. The molecular formula is C15H23NS. The molecule has 1 aliphatic rings. The van der Waals surface area contributed by atoms with Crippen molar-refractivity contribution in [1.82, 2.24) is 5.32 Å². The SMILES string of the molecule is CC(C)C(C)Sc1ccc(CNC2CC2)cc1. The van der Waals surface area contributed by atoms with E-state index in [4.69, 9.17) is 0 Å². The van der Waals surface area contributed by atoms with Gasteiger partial charge in [-0.2, -0.15) is 0 Å². The molecule has 1 aromatic rings. The van der Waals surface area contributed by atoms with Crippen molar-refractivity contribution in [1.29, 1.82) is 0 Å². The second-order valence-electron chi connectivity index (χ2n) is 5.37. The zero-order chi connectivity index (χ0) is 12.3. The molecule has 2 heteroatoms. The number of hydrogen-bond acceptors (Lipinski definition) is 2. The molecule has 0 heterocycles. The molecular weight excluding hydrogens is 226 g/mol. The highest BCUT2D eigenvalue weighted by atomic mass is 32.2. The molecule has 1 unspecified atom stereocenters.